The Balaban J connectivity index is 0. The number of carbonyl (C=O) groups excluding carboxylic acids is 1. The molecule has 0 spiro atoms. The Morgan fingerprint density at radius 1 is 1.30 bits per heavy atom. The maximum Gasteiger partial charge on any atom is 0.240 e. The maximum absolute atomic E-state index is 12.3. The van der Waals surface area contributed by atoms with E-state index in [4.69, 9.17) is 5.73 Å². The van der Waals surface area contributed by atoms with E-state index < -0.39 is 5.54 Å². The quantitative estimate of drug-likeness (QED) is 0.813. The molecule has 4 nitrogen and oxygen atoms in total. The predicted octanol–water partition coefficient (Wildman–Crippen LogP) is 2.19. The number of nitrogens with two attached hydrogens (primary N) is 1. The summed E-state index contributed by atoms with van der Waals surface area (Å²) in [6.45, 7) is 7.36. The van der Waals surface area contributed by atoms with Gasteiger partial charge in [0.05, 0.1) is 5.54 Å². The van der Waals surface area contributed by atoms with Gasteiger partial charge in [-0.3, -0.25) is 4.79 Å². The number of rotatable bonds is 5. The van der Waals surface area contributed by atoms with Gasteiger partial charge in [-0.2, -0.15) is 0 Å². The Morgan fingerprint density at radius 2 is 1.75 bits per heavy atom. The van der Waals surface area contributed by atoms with Crippen molar-refractivity contribution >= 4 is 30.7 Å². The minimum absolute atomic E-state index is 0. The summed E-state index contributed by atoms with van der Waals surface area (Å²) < 4.78 is 0. The largest absolute Gasteiger partial charge is 0.351 e. The average Bonchev–Trinajstić information content (AvgIpc) is 2.64. The Labute approximate surface area is 136 Å². The van der Waals surface area contributed by atoms with Gasteiger partial charge >= 0.3 is 0 Å². The fourth-order valence-electron chi connectivity index (χ4n) is 2.72. The molecule has 1 saturated carbocycles. The van der Waals surface area contributed by atoms with Crippen LogP contribution in [0.1, 0.15) is 46.5 Å². The van der Waals surface area contributed by atoms with E-state index in [1.807, 2.05) is 0 Å². The summed E-state index contributed by atoms with van der Waals surface area (Å²) in [5.74, 6) is 0.0272. The Bertz CT molecular complexity index is 303. The monoisotopic (exact) mass is 327 g/mol. The third kappa shape index (κ3) is 5.76. The molecule has 0 aromatic rings. The molecule has 3 N–H and O–H groups in total. The third-order valence-electron chi connectivity index (χ3n) is 4.19. The fraction of sp³-hybridized carbons (Fsp3) is 0.929. The van der Waals surface area contributed by atoms with Crippen LogP contribution in [0.4, 0.5) is 0 Å². The van der Waals surface area contributed by atoms with E-state index in [0.29, 0.717) is 0 Å². The normalized spacial score (nSPS) is 18.9. The lowest BCUT2D eigenvalue weighted by Gasteiger charge is -2.36. The number of halogens is 2. The average molecular weight is 328 g/mol. The highest BCUT2D eigenvalue weighted by Crippen LogP contribution is 2.28. The number of amides is 1. The van der Waals surface area contributed by atoms with E-state index in [9.17, 15) is 4.79 Å². The molecular formula is C14H31Cl2N3O. The third-order valence-corrected chi connectivity index (χ3v) is 4.19. The molecule has 0 aromatic heterocycles. The summed E-state index contributed by atoms with van der Waals surface area (Å²) in [4.78, 5) is 14.4. The number of hydrogen-bond acceptors (Lipinski definition) is 3. The van der Waals surface area contributed by atoms with Gasteiger partial charge in [-0.25, -0.2) is 0 Å². The molecule has 122 valence electrons. The maximum atomic E-state index is 12.3. The minimum atomic E-state index is -0.623. The lowest BCUT2D eigenvalue weighted by molar-refractivity contribution is -0.127. The molecule has 20 heavy (non-hydrogen) atoms. The summed E-state index contributed by atoms with van der Waals surface area (Å²) >= 11 is 0. The van der Waals surface area contributed by atoms with E-state index >= 15 is 0 Å². The standard InChI is InChI=1S/C14H29N3O.2ClH/c1-11(13(2,3)10-17(4)5)16-12(18)14(15)8-6-7-9-14;;/h11H,6-10,15H2,1-5H3,(H,16,18);2*1H. The first-order valence-corrected chi connectivity index (χ1v) is 6.92. The van der Waals surface area contributed by atoms with Crippen molar-refractivity contribution in [3.8, 4) is 0 Å². The van der Waals surface area contributed by atoms with Gasteiger partial charge < -0.3 is 16.0 Å². The number of nitrogens with one attached hydrogen (secondary N) is 1. The summed E-state index contributed by atoms with van der Waals surface area (Å²) in [5.41, 5.74) is 5.59. The highest BCUT2D eigenvalue weighted by atomic mass is 35.5. The lowest BCUT2D eigenvalue weighted by atomic mass is 9.84. The van der Waals surface area contributed by atoms with Crippen LogP contribution in [0, 0.1) is 5.41 Å². The van der Waals surface area contributed by atoms with Crippen molar-refractivity contribution in [3.63, 3.8) is 0 Å². The van der Waals surface area contributed by atoms with Crippen LogP contribution in [0.25, 0.3) is 0 Å². The van der Waals surface area contributed by atoms with Crippen molar-refractivity contribution < 1.29 is 4.79 Å². The van der Waals surface area contributed by atoms with Crippen LogP contribution in [0.15, 0.2) is 0 Å². The molecule has 1 amide bonds. The molecule has 1 atom stereocenters. The second kappa shape index (κ2) is 8.42. The summed E-state index contributed by atoms with van der Waals surface area (Å²) in [7, 11) is 4.11. The molecule has 1 rings (SSSR count). The van der Waals surface area contributed by atoms with Gasteiger partial charge in [-0.1, -0.05) is 26.7 Å². The van der Waals surface area contributed by atoms with Crippen LogP contribution in [0.3, 0.4) is 0 Å². The van der Waals surface area contributed by atoms with Gasteiger partial charge in [-0.15, -0.1) is 24.8 Å². The van der Waals surface area contributed by atoms with Gasteiger partial charge in [0.2, 0.25) is 5.91 Å². The first-order chi connectivity index (χ1) is 8.17. The summed E-state index contributed by atoms with van der Waals surface area (Å²) in [5, 5.41) is 3.12. The first kappa shape index (κ1) is 22.3. The molecule has 6 heteroatoms. The Hall–Kier alpha value is -0.0300. The SMILES string of the molecule is CC(NC(=O)C1(N)CCCC1)C(C)(C)CN(C)C.Cl.Cl. The molecule has 0 heterocycles. The molecule has 0 aromatic carbocycles. The van der Waals surface area contributed by atoms with Crippen LogP contribution < -0.4 is 11.1 Å². The van der Waals surface area contributed by atoms with Gasteiger partial charge in [0, 0.05) is 12.6 Å². The van der Waals surface area contributed by atoms with Crippen molar-refractivity contribution in [2.24, 2.45) is 11.1 Å². The van der Waals surface area contributed by atoms with Gasteiger partial charge in [0.1, 0.15) is 0 Å². The zero-order chi connectivity index (χ0) is 14.0. The zero-order valence-electron chi connectivity index (χ0n) is 13.4. The Morgan fingerprint density at radius 3 is 2.15 bits per heavy atom. The van der Waals surface area contributed by atoms with E-state index in [0.717, 1.165) is 32.2 Å². The minimum Gasteiger partial charge on any atom is -0.351 e. The number of hydrogen-bond donors (Lipinski definition) is 2. The smallest absolute Gasteiger partial charge is 0.240 e. The second-order valence-corrected chi connectivity index (χ2v) is 6.78. The Kier molecular flexibility index (Phi) is 9.37. The van der Waals surface area contributed by atoms with Crippen molar-refractivity contribution in [3.05, 3.63) is 0 Å². The number of carbonyl (C=O) groups is 1. The molecule has 0 radical (unpaired) electrons. The zero-order valence-corrected chi connectivity index (χ0v) is 15.0. The molecule has 1 fully saturated rings. The highest BCUT2D eigenvalue weighted by Gasteiger charge is 2.39. The van der Waals surface area contributed by atoms with Gasteiger partial charge in [-0.05, 0) is 39.3 Å². The molecule has 1 aliphatic carbocycles. The van der Waals surface area contributed by atoms with E-state index in [-0.39, 0.29) is 42.2 Å². The fourth-order valence-corrected chi connectivity index (χ4v) is 2.72. The lowest BCUT2D eigenvalue weighted by Crippen LogP contribution is -2.57. The first-order valence-electron chi connectivity index (χ1n) is 6.92. The molecular weight excluding hydrogens is 297 g/mol. The van der Waals surface area contributed by atoms with Crippen molar-refractivity contribution in [2.45, 2.75) is 58.0 Å². The van der Waals surface area contributed by atoms with Crippen LogP contribution in [0.2, 0.25) is 0 Å². The molecule has 1 unspecified atom stereocenters. The van der Waals surface area contributed by atoms with Gasteiger partial charge in [0.25, 0.3) is 0 Å². The van der Waals surface area contributed by atoms with Crippen molar-refractivity contribution in [1.29, 1.82) is 0 Å². The molecule has 1 aliphatic rings. The summed E-state index contributed by atoms with van der Waals surface area (Å²) in [6, 6.07) is 0.119. The van der Waals surface area contributed by atoms with Crippen LogP contribution in [-0.2, 0) is 4.79 Å². The van der Waals surface area contributed by atoms with E-state index in [1.165, 1.54) is 0 Å². The van der Waals surface area contributed by atoms with Crippen LogP contribution in [0.5, 0.6) is 0 Å². The van der Waals surface area contributed by atoms with E-state index in [1.54, 1.807) is 0 Å². The second-order valence-electron chi connectivity index (χ2n) is 6.78. The van der Waals surface area contributed by atoms with E-state index in [2.05, 4.69) is 45.1 Å². The van der Waals surface area contributed by atoms with Crippen LogP contribution >= 0.6 is 24.8 Å². The topological polar surface area (TPSA) is 58.4 Å². The predicted molar refractivity (Wildman–Crippen MR) is 89.8 cm³/mol. The number of nitrogens with zero attached hydrogens (tertiary/aromatic N) is 1. The van der Waals surface area contributed by atoms with Crippen molar-refractivity contribution in [2.75, 3.05) is 20.6 Å². The molecule has 0 bridgehead atoms. The molecule has 0 saturated heterocycles. The molecule has 0 aliphatic heterocycles. The highest BCUT2D eigenvalue weighted by molar-refractivity contribution is 5.86. The van der Waals surface area contributed by atoms with Crippen molar-refractivity contribution in [1.82, 2.24) is 10.2 Å². The van der Waals surface area contributed by atoms with Crippen LogP contribution in [-0.4, -0.2) is 43.0 Å². The summed E-state index contributed by atoms with van der Waals surface area (Å²) in [6.07, 6.45) is 3.78. The van der Waals surface area contributed by atoms with Gasteiger partial charge in [0.15, 0.2) is 0 Å².